The van der Waals surface area contributed by atoms with Gasteiger partial charge in [0.05, 0.1) is 0 Å². The first-order valence-electron chi connectivity index (χ1n) is 7.86. The molecule has 0 atom stereocenters. The van der Waals surface area contributed by atoms with Crippen LogP contribution in [-0.2, 0) is 0 Å². The summed E-state index contributed by atoms with van der Waals surface area (Å²) in [5.41, 5.74) is 4.70. The van der Waals surface area contributed by atoms with Crippen LogP contribution in [0.3, 0.4) is 0 Å². The molecule has 2 nitrogen and oxygen atoms in total. The van der Waals surface area contributed by atoms with Crippen molar-refractivity contribution < 1.29 is 0 Å². The maximum atomic E-state index is 3.47. The minimum Gasteiger partial charge on any atom is -0.317 e. The summed E-state index contributed by atoms with van der Waals surface area (Å²) >= 11 is 0. The number of hydrogen-bond donors (Lipinski definition) is 2. The molecule has 0 aromatic heterocycles. The summed E-state index contributed by atoms with van der Waals surface area (Å²) in [6.07, 6.45) is 5.20. The molecule has 19 heavy (non-hydrogen) atoms. The lowest BCUT2D eigenvalue weighted by Crippen LogP contribution is -2.28. The van der Waals surface area contributed by atoms with E-state index < -0.39 is 0 Å². The van der Waals surface area contributed by atoms with Crippen molar-refractivity contribution in [1.82, 2.24) is 10.6 Å². The van der Waals surface area contributed by atoms with Crippen molar-refractivity contribution in [2.75, 3.05) is 26.2 Å². The van der Waals surface area contributed by atoms with Crippen LogP contribution in [0.15, 0.2) is 18.2 Å². The fourth-order valence-electron chi connectivity index (χ4n) is 3.64. The van der Waals surface area contributed by atoms with Crippen LogP contribution in [0.1, 0.15) is 54.2 Å². The lowest BCUT2D eigenvalue weighted by Gasteiger charge is -2.27. The van der Waals surface area contributed by atoms with Gasteiger partial charge in [-0.3, -0.25) is 0 Å². The van der Waals surface area contributed by atoms with Crippen LogP contribution in [0.4, 0.5) is 0 Å². The number of hydrogen-bond acceptors (Lipinski definition) is 2. The van der Waals surface area contributed by atoms with Gasteiger partial charge >= 0.3 is 0 Å². The van der Waals surface area contributed by atoms with Gasteiger partial charge in [0.15, 0.2) is 0 Å². The minimum absolute atomic E-state index is 0.780. The molecular weight excluding hydrogens is 232 g/mol. The molecule has 2 aliphatic heterocycles. The van der Waals surface area contributed by atoms with Gasteiger partial charge in [-0.25, -0.2) is 0 Å². The van der Waals surface area contributed by atoms with E-state index in [-0.39, 0.29) is 0 Å². The molecule has 3 rings (SSSR count). The average molecular weight is 258 g/mol. The molecule has 104 valence electrons. The predicted molar refractivity (Wildman–Crippen MR) is 80.9 cm³/mol. The van der Waals surface area contributed by atoms with Crippen molar-refractivity contribution >= 4 is 0 Å². The normalized spacial score (nSPS) is 22.6. The molecule has 2 fully saturated rings. The summed E-state index contributed by atoms with van der Waals surface area (Å²) in [6, 6.07) is 7.26. The molecule has 0 saturated carbocycles. The van der Waals surface area contributed by atoms with E-state index in [4.69, 9.17) is 0 Å². The molecule has 0 bridgehead atoms. The Morgan fingerprint density at radius 2 is 1.42 bits per heavy atom. The molecule has 0 aliphatic carbocycles. The second-order valence-corrected chi connectivity index (χ2v) is 6.16. The summed E-state index contributed by atoms with van der Waals surface area (Å²) < 4.78 is 0. The van der Waals surface area contributed by atoms with Crippen molar-refractivity contribution in [2.24, 2.45) is 0 Å². The summed E-state index contributed by atoms with van der Waals surface area (Å²) in [7, 11) is 0. The molecule has 2 saturated heterocycles. The van der Waals surface area contributed by atoms with Gasteiger partial charge in [-0.1, -0.05) is 18.2 Å². The Balaban J connectivity index is 1.82. The van der Waals surface area contributed by atoms with Crippen LogP contribution in [0.2, 0.25) is 0 Å². The molecule has 1 aromatic rings. The van der Waals surface area contributed by atoms with Crippen LogP contribution in [0, 0.1) is 6.92 Å². The summed E-state index contributed by atoms with van der Waals surface area (Å²) in [5, 5.41) is 6.94. The number of benzene rings is 1. The molecule has 2 N–H and O–H groups in total. The second kappa shape index (κ2) is 6.06. The maximum absolute atomic E-state index is 3.47. The standard InChI is InChI=1S/C17H26N2/c1-13-2-3-16(14-4-8-18-9-5-14)12-17(13)15-6-10-19-11-7-15/h2-3,12,14-15,18-19H,4-11H2,1H3. The molecular formula is C17H26N2. The Hall–Kier alpha value is -0.860. The van der Waals surface area contributed by atoms with Crippen molar-refractivity contribution in [3.63, 3.8) is 0 Å². The van der Waals surface area contributed by atoms with Crippen molar-refractivity contribution in [3.05, 3.63) is 34.9 Å². The van der Waals surface area contributed by atoms with Crippen molar-refractivity contribution in [3.8, 4) is 0 Å². The molecule has 2 heterocycles. The first kappa shape index (κ1) is 13.1. The Bertz CT molecular complexity index is 415. The van der Waals surface area contributed by atoms with Gasteiger partial charge in [-0.15, -0.1) is 0 Å². The van der Waals surface area contributed by atoms with Crippen LogP contribution >= 0.6 is 0 Å². The van der Waals surface area contributed by atoms with Crippen LogP contribution < -0.4 is 10.6 Å². The van der Waals surface area contributed by atoms with Gasteiger partial charge < -0.3 is 10.6 Å². The van der Waals surface area contributed by atoms with Gasteiger partial charge in [-0.2, -0.15) is 0 Å². The van der Waals surface area contributed by atoms with E-state index in [0.29, 0.717) is 0 Å². The van der Waals surface area contributed by atoms with E-state index in [1.165, 1.54) is 57.4 Å². The molecule has 0 amide bonds. The molecule has 2 heteroatoms. The van der Waals surface area contributed by atoms with E-state index in [1.807, 2.05) is 0 Å². The highest BCUT2D eigenvalue weighted by Gasteiger charge is 2.20. The Labute approximate surface area is 117 Å². The number of rotatable bonds is 2. The highest BCUT2D eigenvalue weighted by atomic mass is 14.9. The first-order chi connectivity index (χ1) is 9.34. The minimum atomic E-state index is 0.780. The second-order valence-electron chi connectivity index (χ2n) is 6.16. The van der Waals surface area contributed by atoms with Gasteiger partial charge in [0.25, 0.3) is 0 Å². The lowest BCUT2D eigenvalue weighted by atomic mass is 9.83. The Kier molecular flexibility index (Phi) is 4.19. The molecule has 0 unspecified atom stereocenters. The van der Waals surface area contributed by atoms with Crippen LogP contribution in [-0.4, -0.2) is 26.2 Å². The van der Waals surface area contributed by atoms with E-state index >= 15 is 0 Å². The highest BCUT2D eigenvalue weighted by Crippen LogP contribution is 2.32. The number of nitrogens with one attached hydrogen (secondary N) is 2. The Morgan fingerprint density at radius 3 is 2.05 bits per heavy atom. The van der Waals surface area contributed by atoms with Crippen LogP contribution in [0.25, 0.3) is 0 Å². The van der Waals surface area contributed by atoms with Crippen molar-refractivity contribution in [1.29, 1.82) is 0 Å². The average Bonchev–Trinajstić information content (AvgIpc) is 2.49. The van der Waals surface area contributed by atoms with Gasteiger partial charge in [-0.05, 0) is 87.3 Å². The predicted octanol–water partition coefficient (Wildman–Crippen LogP) is 2.93. The molecule has 2 aliphatic rings. The van der Waals surface area contributed by atoms with Gasteiger partial charge in [0.1, 0.15) is 0 Å². The fraction of sp³-hybridized carbons (Fsp3) is 0.647. The highest BCUT2D eigenvalue weighted by molar-refractivity contribution is 5.36. The lowest BCUT2D eigenvalue weighted by molar-refractivity contribution is 0.451. The topological polar surface area (TPSA) is 24.1 Å². The zero-order valence-electron chi connectivity index (χ0n) is 12.0. The van der Waals surface area contributed by atoms with Crippen molar-refractivity contribution in [2.45, 2.75) is 44.4 Å². The summed E-state index contributed by atoms with van der Waals surface area (Å²) in [4.78, 5) is 0. The monoisotopic (exact) mass is 258 g/mol. The van der Waals surface area contributed by atoms with Gasteiger partial charge in [0, 0.05) is 0 Å². The van der Waals surface area contributed by atoms with Gasteiger partial charge in [0.2, 0.25) is 0 Å². The molecule has 1 aromatic carbocycles. The number of piperidine rings is 2. The van der Waals surface area contributed by atoms with E-state index in [1.54, 1.807) is 11.1 Å². The number of aryl methyl sites for hydroxylation is 1. The third-order valence-electron chi connectivity index (χ3n) is 4.89. The molecule has 0 radical (unpaired) electrons. The van der Waals surface area contributed by atoms with E-state index in [9.17, 15) is 0 Å². The maximum Gasteiger partial charge on any atom is -0.00431 e. The van der Waals surface area contributed by atoms with E-state index in [0.717, 1.165) is 11.8 Å². The fourth-order valence-corrected chi connectivity index (χ4v) is 3.64. The van der Waals surface area contributed by atoms with Crippen LogP contribution in [0.5, 0.6) is 0 Å². The zero-order valence-corrected chi connectivity index (χ0v) is 12.0. The largest absolute Gasteiger partial charge is 0.317 e. The van der Waals surface area contributed by atoms with E-state index in [2.05, 4.69) is 35.8 Å². The third kappa shape index (κ3) is 3.01. The Morgan fingerprint density at radius 1 is 0.842 bits per heavy atom. The zero-order chi connectivity index (χ0) is 13.1. The first-order valence-corrected chi connectivity index (χ1v) is 7.86. The SMILES string of the molecule is Cc1ccc(C2CCNCC2)cc1C1CCNCC1. The summed E-state index contributed by atoms with van der Waals surface area (Å²) in [6.45, 7) is 7.01. The third-order valence-corrected chi connectivity index (χ3v) is 4.89. The summed E-state index contributed by atoms with van der Waals surface area (Å²) in [5.74, 6) is 1.56. The smallest absolute Gasteiger partial charge is 0.00431 e. The molecule has 0 spiro atoms. The quantitative estimate of drug-likeness (QED) is 0.852.